The summed E-state index contributed by atoms with van der Waals surface area (Å²) in [6, 6.07) is 0.641. The van der Waals surface area contributed by atoms with Gasteiger partial charge in [-0.3, -0.25) is 9.69 Å². The van der Waals surface area contributed by atoms with Crippen LogP contribution in [0, 0.1) is 11.8 Å². The Kier molecular flexibility index (Phi) is 5.03. The minimum Gasteiger partial charge on any atom is -0.477 e. The molecule has 8 heteroatoms. The van der Waals surface area contributed by atoms with Crippen molar-refractivity contribution in [2.24, 2.45) is 17.6 Å². The first-order chi connectivity index (χ1) is 12.8. The van der Waals surface area contributed by atoms with E-state index in [2.05, 4.69) is 4.90 Å². The summed E-state index contributed by atoms with van der Waals surface area (Å²) in [4.78, 5) is 29.0. The number of hydrogen-bond acceptors (Lipinski definition) is 6. The number of fused-ring (bicyclic) bond motifs is 1. The first kappa shape index (κ1) is 19.2. The van der Waals surface area contributed by atoms with Crippen molar-refractivity contribution in [2.75, 3.05) is 13.1 Å². The number of nitrogens with zero attached hydrogens (tertiary/aromatic N) is 2. The van der Waals surface area contributed by atoms with Crippen molar-refractivity contribution < 1.29 is 19.8 Å². The minimum absolute atomic E-state index is 0.0487. The van der Waals surface area contributed by atoms with Crippen molar-refractivity contribution in [1.29, 1.82) is 0 Å². The number of hydrogen-bond donors (Lipinski definition) is 3. The lowest BCUT2D eigenvalue weighted by atomic mass is 9.79. The summed E-state index contributed by atoms with van der Waals surface area (Å²) in [6.07, 6.45) is 3.56. The number of carboxylic acid groups (broad SMARTS) is 1. The number of carboxylic acids is 1. The lowest BCUT2D eigenvalue weighted by molar-refractivity contribution is -0.163. The number of β-lactam (4-membered cyclic amide) rings is 1. The second-order valence-electron chi connectivity index (χ2n) is 8.52. The van der Waals surface area contributed by atoms with Gasteiger partial charge in [-0.1, -0.05) is 6.92 Å². The zero-order chi connectivity index (χ0) is 19.5. The van der Waals surface area contributed by atoms with Gasteiger partial charge in [0.05, 0.1) is 18.1 Å². The number of rotatable bonds is 5. The molecule has 3 fully saturated rings. The monoisotopic (exact) mass is 395 g/mol. The fourth-order valence-electron chi connectivity index (χ4n) is 5.36. The number of carbonyl (C=O) groups excluding carboxylic acids is 1. The van der Waals surface area contributed by atoms with E-state index in [4.69, 9.17) is 5.73 Å². The van der Waals surface area contributed by atoms with Gasteiger partial charge in [0.25, 0.3) is 0 Å². The molecule has 2 saturated heterocycles. The Labute approximate surface area is 163 Å². The Morgan fingerprint density at radius 2 is 2.07 bits per heavy atom. The molecular formula is C19H29N3O4S. The number of aliphatic hydroxyl groups is 1. The largest absolute Gasteiger partial charge is 0.477 e. The van der Waals surface area contributed by atoms with Gasteiger partial charge in [0.1, 0.15) is 5.70 Å². The number of amides is 1. The van der Waals surface area contributed by atoms with Crippen LogP contribution in [0.15, 0.2) is 10.6 Å². The van der Waals surface area contributed by atoms with Gasteiger partial charge in [-0.05, 0) is 39.2 Å². The molecule has 3 heterocycles. The van der Waals surface area contributed by atoms with E-state index in [1.807, 2.05) is 6.92 Å². The second kappa shape index (κ2) is 7.06. The van der Waals surface area contributed by atoms with Gasteiger partial charge < -0.3 is 20.8 Å². The summed E-state index contributed by atoms with van der Waals surface area (Å²) >= 11 is 1.64. The second-order valence-corrected chi connectivity index (χ2v) is 9.86. The van der Waals surface area contributed by atoms with Gasteiger partial charge in [-0.25, -0.2) is 4.79 Å². The minimum atomic E-state index is -1.04. The Morgan fingerprint density at radius 3 is 2.67 bits per heavy atom. The Balaban J connectivity index is 1.48. The fourth-order valence-corrected chi connectivity index (χ4v) is 6.86. The van der Waals surface area contributed by atoms with E-state index in [-0.39, 0.29) is 23.6 Å². The van der Waals surface area contributed by atoms with Crippen molar-refractivity contribution in [1.82, 2.24) is 9.80 Å². The molecule has 0 unspecified atom stereocenters. The van der Waals surface area contributed by atoms with E-state index in [0.717, 1.165) is 43.7 Å². The van der Waals surface area contributed by atoms with E-state index in [0.29, 0.717) is 17.3 Å². The summed E-state index contributed by atoms with van der Waals surface area (Å²) in [6.45, 7) is 5.57. The summed E-state index contributed by atoms with van der Waals surface area (Å²) in [7, 11) is 0. The number of carbonyl (C=O) groups is 2. The first-order valence-corrected chi connectivity index (χ1v) is 10.8. The first-order valence-electron chi connectivity index (χ1n) is 9.94. The molecule has 1 amide bonds. The third-order valence-electron chi connectivity index (χ3n) is 6.74. The van der Waals surface area contributed by atoms with Crippen molar-refractivity contribution in [2.45, 2.75) is 69.0 Å². The van der Waals surface area contributed by atoms with Crippen LogP contribution in [-0.2, 0) is 9.59 Å². The van der Waals surface area contributed by atoms with Gasteiger partial charge in [0.2, 0.25) is 5.91 Å². The molecule has 150 valence electrons. The van der Waals surface area contributed by atoms with Gasteiger partial charge >= 0.3 is 5.97 Å². The SMILES string of the molecule is C[C@@H](O)[C@H]1C(=O)N2C(C(=O)O)=C(S[C@@H]3CCN([C@@H]4CC[C@@H](N)C4)C3)[C@H](C)[C@H]12. The smallest absolute Gasteiger partial charge is 0.353 e. The predicted molar refractivity (Wildman–Crippen MR) is 103 cm³/mol. The van der Waals surface area contributed by atoms with Crippen LogP contribution in [-0.4, -0.2) is 74.5 Å². The van der Waals surface area contributed by atoms with Crippen LogP contribution in [0.3, 0.4) is 0 Å². The van der Waals surface area contributed by atoms with Crippen molar-refractivity contribution in [3.63, 3.8) is 0 Å². The standard InChI is InChI=1S/C19H29N3O4S/c1-9-15-14(10(2)23)18(24)22(15)16(19(25)26)17(9)27-13-5-6-21(8-13)12-4-3-11(20)7-12/h9-15,23H,3-8,20H2,1-2H3,(H,25,26)/t9-,10-,11-,12-,13-,14-,15-/m1/s1. The molecule has 1 saturated carbocycles. The number of nitrogens with two attached hydrogens (primary N) is 1. The topological polar surface area (TPSA) is 107 Å². The van der Waals surface area contributed by atoms with Crippen LogP contribution in [0.2, 0.25) is 0 Å². The molecule has 0 bridgehead atoms. The maximum absolute atomic E-state index is 12.4. The van der Waals surface area contributed by atoms with Crippen molar-refractivity contribution in [3.05, 3.63) is 10.6 Å². The highest BCUT2D eigenvalue weighted by Crippen LogP contribution is 2.52. The predicted octanol–water partition coefficient (Wildman–Crippen LogP) is 0.827. The van der Waals surface area contributed by atoms with Crippen LogP contribution in [0.1, 0.15) is 39.5 Å². The van der Waals surface area contributed by atoms with E-state index in [1.165, 1.54) is 4.90 Å². The lowest BCUT2D eigenvalue weighted by Gasteiger charge is -2.46. The van der Waals surface area contributed by atoms with Crippen LogP contribution in [0.4, 0.5) is 0 Å². The third kappa shape index (κ3) is 3.10. The Morgan fingerprint density at radius 1 is 1.33 bits per heavy atom. The van der Waals surface area contributed by atoms with E-state index in [1.54, 1.807) is 18.7 Å². The summed E-state index contributed by atoms with van der Waals surface area (Å²) < 4.78 is 0. The zero-order valence-corrected chi connectivity index (χ0v) is 16.7. The van der Waals surface area contributed by atoms with Crippen LogP contribution in [0.25, 0.3) is 0 Å². The van der Waals surface area contributed by atoms with Gasteiger partial charge in [0.15, 0.2) is 0 Å². The number of likely N-dealkylation sites (tertiary alicyclic amines) is 1. The molecule has 0 aromatic carbocycles. The average molecular weight is 396 g/mol. The maximum Gasteiger partial charge on any atom is 0.353 e. The van der Waals surface area contributed by atoms with Crippen molar-refractivity contribution in [3.8, 4) is 0 Å². The van der Waals surface area contributed by atoms with Crippen LogP contribution < -0.4 is 5.73 Å². The van der Waals surface area contributed by atoms with E-state index in [9.17, 15) is 19.8 Å². The number of thioether (sulfide) groups is 1. The maximum atomic E-state index is 12.4. The molecule has 4 aliphatic rings. The molecule has 7 atom stereocenters. The van der Waals surface area contributed by atoms with Crippen LogP contribution in [0.5, 0.6) is 0 Å². The van der Waals surface area contributed by atoms with Crippen molar-refractivity contribution >= 4 is 23.6 Å². The molecule has 3 aliphatic heterocycles. The average Bonchev–Trinajstić information content (AvgIpc) is 3.27. The molecule has 4 rings (SSSR count). The molecule has 0 spiro atoms. The normalized spacial score (nSPS) is 40.4. The molecule has 0 aromatic rings. The molecule has 4 N–H and O–H groups in total. The van der Waals surface area contributed by atoms with Crippen LogP contribution >= 0.6 is 11.8 Å². The molecule has 7 nitrogen and oxygen atoms in total. The fraction of sp³-hybridized carbons (Fsp3) is 0.789. The summed E-state index contributed by atoms with van der Waals surface area (Å²) in [5, 5.41) is 20.0. The molecular weight excluding hydrogens is 366 g/mol. The highest BCUT2D eigenvalue weighted by atomic mass is 32.2. The molecule has 1 aliphatic carbocycles. The quantitative estimate of drug-likeness (QED) is 0.592. The number of aliphatic hydroxyl groups excluding tert-OH is 1. The highest BCUT2D eigenvalue weighted by molar-refractivity contribution is 8.03. The van der Waals surface area contributed by atoms with Gasteiger partial charge in [-0.2, -0.15) is 0 Å². The zero-order valence-electron chi connectivity index (χ0n) is 15.9. The third-order valence-corrected chi connectivity index (χ3v) is 8.28. The summed E-state index contributed by atoms with van der Waals surface area (Å²) in [5.74, 6) is -1.84. The highest BCUT2D eigenvalue weighted by Gasteiger charge is 2.60. The molecule has 0 radical (unpaired) electrons. The van der Waals surface area contributed by atoms with E-state index < -0.39 is 18.0 Å². The molecule has 0 aromatic heterocycles. The molecule has 27 heavy (non-hydrogen) atoms. The van der Waals surface area contributed by atoms with Gasteiger partial charge in [-0.15, -0.1) is 11.8 Å². The summed E-state index contributed by atoms with van der Waals surface area (Å²) in [5.41, 5.74) is 6.19. The lowest BCUT2D eigenvalue weighted by Crippen LogP contribution is -2.63. The Bertz CT molecular complexity index is 682. The Hall–Kier alpha value is -1.09. The van der Waals surface area contributed by atoms with E-state index >= 15 is 0 Å². The number of aliphatic carboxylic acids is 1. The van der Waals surface area contributed by atoms with Gasteiger partial charge in [0, 0.05) is 34.7 Å².